The van der Waals surface area contributed by atoms with E-state index in [-0.39, 0.29) is 17.9 Å². The first kappa shape index (κ1) is 31.7. The van der Waals surface area contributed by atoms with E-state index in [0.717, 1.165) is 66.8 Å². The number of carbonyl (C=O) groups excluding carboxylic acids is 2. The number of carbonyl (C=O) groups is 2. The molecular formula is C36H39F3N4O3. The fourth-order valence-electron chi connectivity index (χ4n) is 7.18. The topological polar surface area (TPSA) is 65.1 Å². The summed E-state index contributed by atoms with van der Waals surface area (Å²) < 4.78 is 47.2. The van der Waals surface area contributed by atoms with Gasteiger partial charge in [-0.15, -0.1) is 0 Å². The second-order valence-electron chi connectivity index (χ2n) is 12.4. The van der Waals surface area contributed by atoms with Crippen molar-refractivity contribution in [1.29, 1.82) is 0 Å². The number of methoxy groups -OCH3 is 1. The van der Waals surface area contributed by atoms with Crippen molar-refractivity contribution in [2.24, 2.45) is 0 Å². The summed E-state index contributed by atoms with van der Waals surface area (Å²) in [5.41, 5.74) is 2.24. The van der Waals surface area contributed by atoms with Crippen LogP contribution in [-0.4, -0.2) is 59.0 Å². The summed E-state index contributed by atoms with van der Waals surface area (Å²) in [6, 6.07) is 15.5. The van der Waals surface area contributed by atoms with Crippen molar-refractivity contribution in [2.75, 3.05) is 20.2 Å². The van der Waals surface area contributed by atoms with Gasteiger partial charge >= 0.3 is 12.1 Å². The molecule has 2 fully saturated rings. The number of imide groups is 1. The molecule has 3 aliphatic rings. The second-order valence-corrected chi connectivity index (χ2v) is 12.4. The first-order valence-electron chi connectivity index (χ1n) is 15.9. The Labute approximate surface area is 267 Å². The zero-order chi connectivity index (χ0) is 32.4. The third-order valence-corrected chi connectivity index (χ3v) is 9.73. The molecule has 1 saturated carbocycles. The van der Waals surface area contributed by atoms with E-state index >= 15 is 0 Å². The van der Waals surface area contributed by atoms with Crippen molar-refractivity contribution in [3.63, 3.8) is 0 Å². The van der Waals surface area contributed by atoms with Crippen LogP contribution < -0.4 is 10.1 Å². The number of likely N-dealkylation sites (tertiary alicyclic amines) is 1. The monoisotopic (exact) mass is 632 g/mol. The van der Waals surface area contributed by atoms with Gasteiger partial charge in [-0.3, -0.25) is 9.80 Å². The predicted octanol–water partition coefficient (Wildman–Crippen LogP) is 7.68. The highest BCUT2D eigenvalue weighted by Crippen LogP contribution is 2.40. The minimum atomic E-state index is -1.04. The number of benzene rings is 3. The molecule has 4 amide bonds. The molecule has 7 nitrogen and oxygen atoms in total. The van der Waals surface area contributed by atoms with E-state index in [1.807, 2.05) is 43.3 Å². The fourth-order valence-corrected chi connectivity index (χ4v) is 7.18. The van der Waals surface area contributed by atoms with Gasteiger partial charge < -0.3 is 10.1 Å². The van der Waals surface area contributed by atoms with E-state index in [2.05, 4.69) is 10.2 Å². The lowest BCUT2D eigenvalue weighted by atomic mass is 9.81. The Kier molecular flexibility index (Phi) is 9.35. The highest BCUT2D eigenvalue weighted by molar-refractivity contribution is 5.96. The van der Waals surface area contributed by atoms with Crippen LogP contribution in [0.15, 0.2) is 79.0 Å². The average Bonchev–Trinajstić information content (AvgIpc) is 3.54. The minimum Gasteiger partial charge on any atom is -0.496 e. The van der Waals surface area contributed by atoms with Gasteiger partial charge in [-0.1, -0.05) is 42.5 Å². The highest BCUT2D eigenvalue weighted by atomic mass is 19.2. The Morgan fingerprint density at radius 1 is 0.935 bits per heavy atom. The molecule has 2 aliphatic heterocycles. The van der Waals surface area contributed by atoms with E-state index in [0.29, 0.717) is 29.8 Å². The lowest BCUT2D eigenvalue weighted by Gasteiger charge is -2.39. The zero-order valence-electron chi connectivity index (χ0n) is 26.0. The third kappa shape index (κ3) is 6.49. The van der Waals surface area contributed by atoms with E-state index in [9.17, 15) is 22.8 Å². The smallest absolute Gasteiger partial charge is 0.333 e. The summed E-state index contributed by atoms with van der Waals surface area (Å²) in [6.45, 7) is 3.35. The molecule has 2 heterocycles. The minimum absolute atomic E-state index is 0.174. The summed E-state index contributed by atoms with van der Waals surface area (Å²) in [5, 5.41) is 3.07. The molecule has 0 aromatic heterocycles. The molecule has 1 saturated heterocycles. The molecule has 1 N–H and O–H groups in total. The molecule has 0 spiro atoms. The number of nitrogens with one attached hydrogen (secondary N) is 1. The number of amides is 4. The Balaban J connectivity index is 1.13. The molecule has 0 bridgehead atoms. The maximum atomic E-state index is 14.3. The van der Waals surface area contributed by atoms with Gasteiger partial charge in [-0.25, -0.2) is 27.7 Å². The van der Waals surface area contributed by atoms with Crippen LogP contribution in [0, 0.1) is 17.5 Å². The molecule has 0 radical (unpaired) electrons. The van der Waals surface area contributed by atoms with Crippen LogP contribution in [0.4, 0.5) is 22.8 Å². The Bertz CT molecular complexity index is 1590. The van der Waals surface area contributed by atoms with Gasteiger partial charge in [-0.05, 0) is 85.9 Å². The van der Waals surface area contributed by atoms with E-state index in [1.165, 1.54) is 23.1 Å². The van der Waals surface area contributed by atoms with Gasteiger partial charge in [0.15, 0.2) is 11.6 Å². The first-order valence-corrected chi connectivity index (χ1v) is 15.9. The van der Waals surface area contributed by atoms with Gasteiger partial charge in [0, 0.05) is 37.4 Å². The molecule has 242 valence electrons. The van der Waals surface area contributed by atoms with Crippen molar-refractivity contribution >= 4 is 12.1 Å². The highest BCUT2D eigenvalue weighted by Gasteiger charge is 2.40. The van der Waals surface area contributed by atoms with E-state index in [1.54, 1.807) is 19.4 Å². The number of ether oxygens (including phenoxy) is 1. The first-order chi connectivity index (χ1) is 22.2. The number of urea groups is 2. The van der Waals surface area contributed by atoms with Gasteiger partial charge in [-0.2, -0.15) is 0 Å². The number of hydrogen-bond acceptors (Lipinski definition) is 4. The summed E-state index contributed by atoms with van der Waals surface area (Å²) in [7, 11) is 1.57. The molecule has 1 aliphatic carbocycles. The van der Waals surface area contributed by atoms with Crippen LogP contribution in [0.1, 0.15) is 73.7 Å². The van der Waals surface area contributed by atoms with Crippen LogP contribution in [0.3, 0.4) is 0 Å². The maximum absolute atomic E-state index is 14.3. The number of nitrogens with zero attached hydrogens (tertiary/aromatic N) is 3. The summed E-state index contributed by atoms with van der Waals surface area (Å²) in [6.07, 6.45) is 7.89. The van der Waals surface area contributed by atoms with Crippen LogP contribution in [0.2, 0.25) is 0 Å². The molecule has 6 rings (SSSR count). The summed E-state index contributed by atoms with van der Waals surface area (Å²) in [4.78, 5) is 32.8. The van der Waals surface area contributed by atoms with Crippen molar-refractivity contribution in [3.05, 3.63) is 113 Å². The van der Waals surface area contributed by atoms with Crippen molar-refractivity contribution in [3.8, 4) is 5.75 Å². The average molecular weight is 633 g/mol. The van der Waals surface area contributed by atoms with Gasteiger partial charge in [0.05, 0.1) is 19.2 Å². The maximum Gasteiger partial charge on any atom is 0.333 e. The van der Waals surface area contributed by atoms with Crippen LogP contribution in [-0.2, 0) is 0 Å². The Morgan fingerprint density at radius 3 is 2.41 bits per heavy atom. The molecule has 46 heavy (non-hydrogen) atoms. The number of hydrogen-bond donors (Lipinski definition) is 1. The summed E-state index contributed by atoms with van der Waals surface area (Å²) in [5.74, 6) is -1.46. The molecular weight excluding hydrogens is 593 g/mol. The van der Waals surface area contributed by atoms with Gasteiger partial charge in [0.25, 0.3) is 0 Å². The van der Waals surface area contributed by atoms with Gasteiger partial charge in [0.1, 0.15) is 11.6 Å². The predicted molar refractivity (Wildman–Crippen MR) is 169 cm³/mol. The molecule has 3 aromatic carbocycles. The largest absolute Gasteiger partial charge is 0.496 e. The molecule has 1 unspecified atom stereocenters. The SMILES string of the molecule is COc1cc(F)ccc1[C@H]1CC[C@H](N2CC[C@@H](NC(=O)N3C(=O)N([C@H](C)c4ccccc4)C=CC3c3ccc(F)c(F)c3)C2)CC1. The zero-order valence-corrected chi connectivity index (χ0v) is 26.0. The number of halogens is 3. The van der Waals surface area contributed by atoms with Crippen LogP contribution >= 0.6 is 0 Å². The number of rotatable bonds is 7. The standard InChI is InChI=1S/C36H39F3N4O3/c1-23(24-6-4-3-5-7-24)42-19-17-33(26-10-15-31(38)32(39)20-26)43(36(42)45)35(44)40-28-16-18-41(22-28)29-12-8-25(9-13-29)30-14-11-27(37)21-34(30)46-2/h3-7,10-11,14-15,17,19-21,23,25,28-29,33H,8-9,12-13,16,18,22H2,1-2H3,(H,40,44)/t23-,25-,28-,29-,33?/m1/s1. The van der Waals surface area contributed by atoms with Crippen molar-refractivity contribution < 1.29 is 27.5 Å². The van der Waals surface area contributed by atoms with Crippen LogP contribution in [0.25, 0.3) is 0 Å². The molecule has 10 heteroatoms. The lowest BCUT2D eigenvalue weighted by Crippen LogP contribution is -2.54. The van der Waals surface area contributed by atoms with Crippen molar-refractivity contribution in [2.45, 2.75) is 69.1 Å². The van der Waals surface area contributed by atoms with E-state index in [4.69, 9.17) is 4.74 Å². The third-order valence-electron chi connectivity index (χ3n) is 9.73. The Morgan fingerprint density at radius 2 is 1.70 bits per heavy atom. The normalized spacial score (nSPS) is 24.2. The molecule has 3 aromatic rings. The lowest BCUT2D eigenvalue weighted by molar-refractivity contribution is 0.139. The Hall–Kier alpha value is -4.31. The summed E-state index contributed by atoms with van der Waals surface area (Å²) >= 11 is 0. The molecule has 3 atom stereocenters. The van der Waals surface area contributed by atoms with Crippen molar-refractivity contribution in [1.82, 2.24) is 20.0 Å². The van der Waals surface area contributed by atoms with Gasteiger partial charge in [0.2, 0.25) is 0 Å². The fraction of sp³-hybridized carbons (Fsp3) is 0.389. The van der Waals surface area contributed by atoms with Crippen LogP contribution in [0.5, 0.6) is 5.75 Å². The van der Waals surface area contributed by atoms with E-state index < -0.39 is 29.7 Å². The second kappa shape index (κ2) is 13.6. The quantitative estimate of drug-likeness (QED) is 0.290.